The summed E-state index contributed by atoms with van der Waals surface area (Å²) in [5.74, 6) is 1.71. The van der Waals surface area contributed by atoms with Gasteiger partial charge in [0.25, 0.3) is 0 Å². The van der Waals surface area contributed by atoms with Crippen LogP contribution in [0.4, 0.5) is 0 Å². The van der Waals surface area contributed by atoms with Crippen molar-refractivity contribution in [3.05, 3.63) is 71.9 Å². The topological polar surface area (TPSA) is 74.2 Å². The summed E-state index contributed by atoms with van der Waals surface area (Å²) >= 11 is 5.88. The third-order valence-electron chi connectivity index (χ3n) is 3.49. The van der Waals surface area contributed by atoms with E-state index in [1.54, 1.807) is 18.4 Å². The second-order valence-electron chi connectivity index (χ2n) is 5.21. The molecular formula is C18H12ClN3O3. The lowest BCUT2D eigenvalue weighted by molar-refractivity contribution is 0.301. The lowest BCUT2D eigenvalue weighted by Gasteiger charge is -2.04. The predicted octanol–water partition coefficient (Wildman–Crippen LogP) is 4.62. The molecule has 0 aliphatic rings. The molecule has 25 heavy (non-hydrogen) atoms. The monoisotopic (exact) mass is 353 g/mol. The van der Waals surface area contributed by atoms with E-state index in [1.807, 2.05) is 36.4 Å². The van der Waals surface area contributed by atoms with Crippen LogP contribution in [0.3, 0.4) is 0 Å². The molecule has 0 amide bonds. The highest BCUT2D eigenvalue weighted by molar-refractivity contribution is 6.30. The number of benzene rings is 2. The zero-order chi connectivity index (χ0) is 17.1. The Hall–Kier alpha value is -3.12. The molecule has 0 N–H and O–H groups in total. The summed E-state index contributed by atoms with van der Waals surface area (Å²) in [6.45, 7) is 0.303. The summed E-state index contributed by atoms with van der Waals surface area (Å²) in [5.41, 5.74) is 2.39. The Balaban J connectivity index is 1.41. The van der Waals surface area contributed by atoms with E-state index < -0.39 is 0 Å². The molecule has 0 spiro atoms. The first kappa shape index (κ1) is 15.4. The lowest BCUT2D eigenvalue weighted by Crippen LogP contribution is -1.95. The summed E-state index contributed by atoms with van der Waals surface area (Å²) < 4.78 is 16.4. The average molecular weight is 354 g/mol. The van der Waals surface area contributed by atoms with Crippen molar-refractivity contribution in [2.24, 2.45) is 0 Å². The summed E-state index contributed by atoms with van der Waals surface area (Å²) in [4.78, 5) is 4.42. The van der Waals surface area contributed by atoms with Gasteiger partial charge in [-0.2, -0.15) is 0 Å². The van der Waals surface area contributed by atoms with Crippen LogP contribution >= 0.6 is 11.6 Å². The van der Waals surface area contributed by atoms with Crippen LogP contribution in [0, 0.1) is 0 Å². The van der Waals surface area contributed by atoms with Gasteiger partial charge in [0.05, 0.1) is 0 Å². The van der Waals surface area contributed by atoms with E-state index in [4.69, 9.17) is 25.2 Å². The Morgan fingerprint density at radius 3 is 2.32 bits per heavy atom. The zero-order valence-electron chi connectivity index (χ0n) is 12.9. The highest BCUT2D eigenvalue weighted by atomic mass is 35.5. The number of oxazole rings is 1. The Morgan fingerprint density at radius 2 is 1.60 bits per heavy atom. The van der Waals surface area contributed by atoms with Crippen LogP contribution < -0.4 is 4.74 Å². The fourth-order valence-corrected chi connectivity index (χ4v) is 2.37. The molecule has 124 valence electrons. The van der Waals surface area contributed by atoms with Crippen LogP contribution in [0.15, 0.2) is 70.0 Å². The molecule has 4 rings (SSSR count). The largest absolute Gasteiger partial charge is 0.487 e. The third kappa shape index (κ3) is 3.54. The number of rotatable bonds is 5. The van der Waals surface area contributed by atoms with Gasteiger partial charge in [0.15, 0.2) is 0 Å². The smallest absolute Gasteiger partial charge is 0.247 e. The molecule has 2 aromatic heterocycles. The van der Waals surface area contributed by atoms with Gasteiger partial charge in [-0.05, 0) is 48.5 Å². The van der Waals surface area contributed by atoms with Crippen molar-refractivity contribution in [1.29, 1.82) is 0 Å². The van der Waals surface area contributed by atoms with Crippen molar-refractivity contribution in [2.45, 2.75) is 6.61 Å². The minimum absolute atomic E-state index is 0.303. The van der Waals surface area contributed by atoms with Crippen molar-refractivity contribution in [3.63, 3.8) is 0 Å². The maximum absolute atomic E-state index is 5.88. The van der Waals surface area contributed by atoms with Gasteiger partial charge in [-0.25, -0.2) is 4.98 Å². The van der Waals surface area contributed by atoms with Gasteiger partial charge in [-0.3, -0.25) is 0 Å². The standard InChI is InChI=1S/C18H12ClN3O3/c19-14-5-1-12(2-6-14)17-21-15(10-24-17)9-23-16-7-3-13(4-8-16)18-22-20-11-25-18/h1-8,10-11H,9H2. The molecule has 0 saturated heterocycles. The van der Waals surface area contributed by atoms with Crippen LogP contribution in [0.2, 0.25) is 5.02 Å². The minimum atomic E-state index is 0.303. The molecule has 0 radical (unpaired) electrons. The van der Waals surface area contributed by atoms with Gasteiger partial charge >= 0.3 is 0 Å². The molecule has 6 nitrogen and oxygen atoms in total. The minimum Gasteiger partial charge on any atom is -0.487 e. The van der Waals surface area contributed by atoms with Crippen molar-refractivity contribution >= 4 is 11.6 Å². The lowest BCUT2D eigenvalue weighted by atomic mass is 10.2. The van der Waals surface area contributed by atoms with Gasteiger partial charge < -0.3 is 13.6 Å². The molecule has 0 saturated carbocycles. The van der Waals surface area contributed by atoms with Gasteiger partial charge in [-0.15, -0.1) is 10.2 Å². The fourth-order valence-electron chi connectivity index (χ4n) is 2.25. The number of ether oxygens (including phenoxy) is 1. The second kappa shape index (κ2) is 6.78. The van der Waals surface area contributed by atoms with Crippen LogP contribution in [0.5, 0.6) is 5.75 Å². The van der Waals surface area contributed by atoms with Gasteiger partial charge in [0.2, 0.25) is 18.2 Å². The number of hydrogen-bond acceptors (Lipinski definition) is 6. The molecule has 0 unspecified atom stereocenters. The molecule has 0 atom stereocenters. The van der Waals surface area contributed by atoms with E-state index in [0.29, 0.717) is 34.9 Å². The molecular weight excluding hydrogens is 342 g/mol. The highest BCUT2D eigenvalue weighted by Gasteiger charge is 2.08. The van der Waals surface area contributed by atoms with Crippen LogP contribution in [0.25, 0.3) is 22.9 Å². The number of hydrogen-bond donors (Lipinski definition) is 0. The van der Waals surface area contributed by atoms with Gasteiger partial charge in [-0.1, -0.05) is 11.6 Å². The predicted molar refractivity (Wildman–Crippen MR) is 91.0 cm³/mol. The van der Waals surface area contributed by atoms with E-state index in [0.717, 1.165) is 11.1 Å². The fraction of sp³-hybridized carbons (Fsp3) is 0.0556. The average Bonchev–Trinajstić information content (AvgIpc) is 3.33. The summed E-state index contributed by atoms with van der Waals surface area (Å²) in [7, 11) is 0. The first-order valence-corrected chi connectivity index (χ1v) is 7.85. The number of halogens is 1. The molecule has 0 aliphatic heterocycles. The van der Waals surface area contributed by atoms with E-state index >= 15 is 0 Å². The second-order valence-corrected chi connectivity index (χ2v) is 5.64. The SMILES string of the molecule is Clc1ccc(-c2nc(COc3ccc(-c4nnco4)cc3)co2)cc1. The van der Waals surface area contributed by atoms with E-state index in [-0.39, 0.29) is 0 Å². The number of aromatic nitrogens is 3. The first-order valence-electron chi connectivity index (χ1n) is 7.48. The normalized spacial score (nSPS) is 10.8. The van der Waals surface area contributed by atoms with E-state index in [2.05, 4.69) is 15.2 Å². The van der Waals surface area contributed by atoms with Crippen molar-refractivity contribution < 1.29 is 13.6 Å². The summed E-state index contributed by atoms with van der Waals surface area (Å²) in [6, 6.07) is 14.7. The van der Waals surface area contributed by atoms with Crippen LogP contribution in [-0.4, -0.2) is 15.2 Å². The summed E-state index contributed by atoms with van der Waals surface area (Å²) in [5, 5.41) is 8.18. The molecule has 2 aromatic carbocycles. The van der Waals surface area contributed by atoms with E-state index in [1.165, 1.54) is 6.39 Å². The Kier molecular flexibility index (Phi) is 4.18. The quantitative estimate of drug-likeness (QED) is 0.521. The molecule has 4 aromatic rings. The van der Waals surface area contributed by atoms with Crippen LogP contribution in [-0.2, 0) is 6.61 Å². The Morgan fingerprint density at radius 1 is 0.880 bits per heavy atom. The maximum Gasteiger partial charge on any atom is 0.247 e. The van der Waals surface area contributed by atoms with Crippen molar-refractivity contribution in [1.82, 2.24) is 15.2 Å². The first-order chi connectivity index (χ1) is 12.3. The van der Waals surface area contributed by atoms with Gasteiger partial charge in [0, 0.05) is 16.1 Å². The molecule has 0 fully saturated rings. The Bertz CT molecular complexity index is 948. The maximum atomic E-state index is 5.88. The molecule has 7 heteroatoms. The molecule has 0 bridgehead atoms. The molecule has 2 heterocycles. The third-order valence-corrected chi connectivity index (χ3v) is 3.74. The van der Waals surface area contributed by atoms with Crippen LogP contribution in [0.1, 0.15) is 5.69 Å². The zero-order valence-corrected chi connectivity index (χ0v) is 13.7. The van der Waals surface area contributed by atoms with Crippen molar-refractivity contribution in [3.8, 4) is 28.7 Å². The summed E-state index contributed by atoms with van der Waals surface area (Å²) in [6.07, 6.45) is 2.87. The van der Waals surface area contributed by atoms with E-state index in [9.17, 15) is 0 Å². The molecule has 0 aliphatic carbocycles. The Labute approximate surface area is 148 Å². The highest BCUT2D eigenvalue weighted by Crippen LogP contribution is 2.23. The number of nitrogens with zero attached hydrogens (tertiary/aromatic N) is 3. The van der Waals surface area contributed by atoms with Crippen molar-refractivity contribution in [2.75, 3.05) is 0 Å². The van der Waals surface area contributed by atoms with Gasteiger partial charge in [0.1, 0.15) is 24.3 Å².